The molecule has 0 heterocycles. The number of benzene rings is 2. The van der Waals surface area contributed by atoms with E-state index < -0.39 is 19.9 Å². The largest absolute Gasteiger partial charge is 0.240 e. The number of hydrogen-bond acceptors (Lipinski definition) is 4. The molecular weight excluding hydrogens is 346 g/mol. The summed E-state index contributed by atoms with van der Waals surface area (Å²) in [6.45, 7) is 3.83. The molecule has 24 heavy (non-hydrogen) atoms. The molecule has 0 radical (unpaired) electrons. The van der Waals surface area contributed by atoms with E-state index in [1.165, 1.54) is 12.1 Å². The minimum Gasteiger partial charge on any atom is -0.224 e. The van der Waals surface area contributed by atoms with Gasteiger partial charge < -0.3 is 0 Å². The van der Waals surface area contributed by atoms with Crippen molar-refractivity contribution in [2.45, 2.75) is 30.1 Å². The number of rotatable bonds is 7. The Morgan fingerprint density at radius 1 is 0.750 bits per heavy atom. The Morgan fingerprint density at radius 3 is 1.71 bits per heavy atom. The minimum atomic E-state index is -3.61. The summed E-state index contributed by atoms with van der Waals surface area (Å²) in [5.41, 5.74) is 1.96. The first-order valence-electron chi connectivity index (χ1n) is 7.56. The molecule has 0 spiro atoms. The maximum atomic E-state index is 12.2. The normalized spacial score (nSPS) is 12.2. The van der Waals surface area contributed by atoms with Gasteiger partial charge in [-0.25, -0.2) is 21.6 Å². The number of sulfone groups is 1. The molecule has 0 unspecified atom stereocenters. The van der Waals surface area contributed by atoms with Gasteiger partial charge in [0.2, 0.25) is 10.0 Å². The van der Waals surface area contributed by atoms with Crippen LogP contribution in [0, 0.1) is 13.8 Å². The monoisotopic (exact) mass is 367 g/mol. The molecule has 7 heteroatoms. The first kappa shape index (κ1) is 18.6. The van der Waals surface area contributed by atoms with E-state index in [1.807, 2.05) is 13.8 Å². The molecule has 5 nitrogen and oxygen atoms in total. The van der Waals surface area contributed by atoms with E-state index in [0.29, 0.717) is 0 Å². The molecule has 0 saturated heterocycles. The van der Waals surface area contributed by atoms with Crippen LogP contribution < -0.4 is 4.72 Å². The Kier molecular flexibility index (Phi) is 5.79. The third kappa shape index (κ3) is 4.90. The van der Waals surface area contributed by atoms with Crippen molar-refractivity contribution in [3.63, 3.8) is 0 Å². The number of aryl methyl sites for hydroxylation is 2. The number of sulfonamides is 1. The maximum Gasteiger partial charge on any atom is 0.240 e. The molecule has 0 aliphatic carbocycles. The smallest absolute Gasteiger partial charge is 0.224 e. The highest BCUT2D eigenvalue weighted by Gasteiger charge is 2.16. The first-order valence-corrected chi connectivity index (χ1v) is 10.7. The van der Waals surface area contributed by atoms with Crippen molar-refractivity contribution in [3.8, 4) is 0 Å². The second-order valence-corrected chi connectivity index (χ2v) is 9.57. The van der Waals surface area contributed by atoms with Crippen LogP contribution in [0.5, 0.6) is 0 Å². The van der Waals surface area contributed by atoms with E-state index in [9.17, 15) is 16.8 Å². The number of hydrogen-bond donors (Lipinski definition) is 1. The quantitative estimate of drug-likeness (QED) is 0.762. The molecular formula is C17H21NO4S2. The van der Waals surface area contributed by atoms with Crippen molar-refractivity contribution in [2.75, 3.05) is 12.3 Å². The zero-order valence-electron chi connectivity index (χ0n) is 13.7. The number of nitrogens with one attached hydrogen (secondary N) is 1. The van der Waals surface area contributed by atoms with Crippen molar-refractivity contribution in [1.29, 1.82) is 0 Å². The Morgan fingerprint density at radius 2 is 1.21 bits per heavy atom. The second-order valence-electron chi connectivity index (χ2n) is 5.70. The van der Waals surface area contributed by atoms with Gasteiger partial charge in [-0.1, -0.05) is 35.4 Å². The predicted molar refractivity (Wildman–Crippen MR) is 94.2 cm³/mol. The molecule has 0 aliphatic rings. The SMILES string of the molecule is Cc1ccc(S(=O)(=O)CCCNS(=O)(=O)c2ccc(C)cc2)cc1. The van der Waals surface area contributed by atoms with Crippen LogP contribution in [0.25, 0.3) is 0 Å². The van der Waals surface area contributed by atoms with Gasteiger partial charge in [0.15, 0.2) is 9.84 Å². The molecule has 0 amide bonds. The van der Waals surface area contributed by atoms with Crippen LogP contribution in [-0.2, 0) is 19.9 Å². The third-order valence-electron chi connectivity index (χ3n) is 3.59. The fourth-order valence-corrected chi connectivity index (χ4v) is 4.52. The summed E-state index contributed by atoms with van der Waals surface area (Å²) in [5.74, 6) is -0.105. The van der Waals surface area contributed by atoms with Gasteiger partial charge in [0.05, 0.1) is 15.5 Å². The second kappa shape index (κ2) is 7.46. The average Bonchev–Trinajstić information content (AvgIpc) is 2.52. The molecule has 2 aromatic rings. The van der Waals surface area contributed by atoms with E-state index in [4.69, 9.17) is 0 Å². The van der Waals surface area contributed by atoms with Crippen LogP contribution in [0.1, 0.15) is 17.5 Å². The van der Waals surface area contributed by atoms with Crippen LogP contribution in [-0.4, -0.2) is 29.1 Å². The Balaban J connectivity index is 1.92. The highest BCUT2D eigenvalue weighted by molar-refractivity contribution is 7.91. The average molecular weight is 367 g/mol. The summed E-state index contributed by atoms with van der Waals surface area (Å²) >= 11 is 0. The highest BCUT2D eigenvalue weighted by atomic mass is 32.2. The third-order valence-corrected chi connectivity index (χ3v) is 6.89. The highest BCUT2D eigenvalue weighted by Crippen LogP contribution is 2.13. The van der Waals surface area contributed by atoms with Crippen LogP contribution in [0.4, 0.5) is 0 Å². The molecule has 2 aromatic carbocycles. The predicted octanol–water partition coefficient (Wildman–Crippen LogP) is 2.45. The van der Waals surface area contributed by atoms with Crippen LogP contribution >= 0.6 is 0 Å². The molecule has 0 bridgehead atoms. The van der Waals surface area contributed by atoms with Crippen LogP contribution in [0.2, 0.25) is 0 Å². The summed E-state index contributed by atoms with van der Waals surface area (Å²) in [4.78, 5) is 0.434. The molecule has 0 aliphatic heterocycles. The van der Waals surface area contributed by atoms with Crippen molar-refractivity contribution in [2.24, 2.45) is 0 Å². The van der Waals surface area contributed by atoms with Gasteiger partial charge in [-0.3, -0.25) is 0 Å². The molecule has 1 N–H and O–H groups in total. The summed E-state index contributed by atoms with van der Waals surface area (Å²) in [7, 11) is -7.01. The lowest BCUT2D eigenvalue weighted by atomic mass is 10.2. The van der Waals surface area contributed by atoms with Gasteiger partial charge >= 0.3 is 0 Å². The van der Waals surface area contributed by atoms with Gasteiger partial charge in [0.25, 0.3) is 0 Å². The standard InChI is InChI=1S/C17H21NO4S2/c1-14-4-8-16(9-5-14)23(19,20)13-3-12-18-24(21,22)17-10-6-15(2)7-11-17/h4-11,18H,3,12-13H2,1-2H3. The first-order chi connectivity index (χ1) is 11.2. The van der Waals surface area contributed by atoms with E-state index >= 15 is 0 Å². The molecule has 130 valence electrons. The Hall–Kier alpha value is -1.70. The van der Waals surface area contributed by atoms with Gasteiger partial charge in [-0.15, -0.1) is 0 Å². The Labute approximate surface area is 143 Å². The lowest BCUT2D eigenvalue weighted by molar-refractivity contribution is 0.576. The van der Waals surface area contributed by atoms with Crippen molar-refractivity contribution >= 4 is 19.9 Å². The molecule has 0 saturated carbocycles. The van der Waals surface area contributed by atoms with Crippen LogP contribution in [0.3, 0.4) is 0 Å². The molecule has 0 fully saturated rings. The summed E-state index contributed by atoms with van der Waals surface area (Å²) in [6.07, 6.45) is 0.210. The zero-order valence-corrected chi connectivity index (χ0v) is 15.3. The van der Waals surface area contributed by atoms with E-state index in [0.717, 1.165) is 11.1 Å². The van der Waals surface area contributed by atoms with Crippen molar-refractivity contribution in [3.05, 3.63) is 59.7 Å². The summed E-state index contributed by atoms with van der Waals surface area (Å²) in [5, 5.41) is 0. The Bertz CT molecular complexity index is 807. The molecule has 2 rings (SSSR count). The molecule has 0 aromatic heterocycles. The van der Waals surface area contributed by atoms with Gasteiger partial charge in [0, 0.05) is 6.54 Å². The summed E-state index contributed by atoms with van der Waals surface area (Å²) < 4.78 is 51.1. The summed E-state index contributed by atoms with van der Waals surface area (Å²) in [6, 6.07) is 13.1. The lowest BCUT2D eigenvalue weighted by Crippen LogP contribution is -2.26. The van der Waals surface area contributed by atoms with Gasteiger partial charge in [-0.2, -0.15) is 0 Å². The molecule has 0 atom stereocenters. The van der Waals surface area contributed by atoms with Crippen molar-refractivity contribution in [1.82, 2.24) is 4.72 Å². The van der Waals surface area contributed by atoms with E-state index in [1.54, 1.807) is 36.4 Å². The van der Waals surface area contributed by atoms with Gasteiger partial charge in [-0.05, 0) is 44.5 Å². The fraction of sp³-hybridized carbons (Fsp3) is 0.294. The van der Waals surface area contributed by atoms with Gasteiger partial charge in [0.1, 0.15) is 0 Å². The minimum absolute atomic E-state index is 0.0707. The maximum absolute atomic E-state index is 12.2. The van der Waals surface area contributed by atoms with Crippen molar-refractivity contribution < 1.29 is 16.8 Å². The zero-order chi connectivity index (χ0) is 17.8. The lowest BCUT2D eigenvalue weighted by Gasteiger charge is -2.08. The topological polar surface area (TPSA) is 80.3 Å². The van der Waals surface area contributed by atoms with E-state index in [2.05, 4.69) is 4.72 Å². The van der Waals surface area contributed by atoms with E-state index in [-0.39, 0.29) is 28.5 Å². The van der Waals surface area contributed by atoms with Crippen LogP contribution in [0.15, 0.2) is 58.3 Å². The fourth-order valence-electron chi connectivity index (χ4n) is 2.13.